The Morgan fingerprint density at radius 2 is 2.40 bits per heavy atom. The highest BCUT2D eigenvalue weighted by Crippen LogP contribution is 2.09. The lowest BCUT2D eigenvalue weighted by Gasteiger charge is -1.84. The van der Waals surface area contributed by atoms with E-state index in [1.807, 2.05) is 13.0 Å². The maximum Gasteiger partial charge on any atom is 0.117 e. The van der Waals surface area contributed by atoms with Crippen molar-refractivity contribution in [2.45, 2.75) is 19.8 Å². The second-order valence-corrected chi connectivity index (χ2v) is 3.31. The topological polar surface area (TPSA) is 25.8 Å². The molecule has 0 aliphatic carbocycles. The molecule has 0 unspecified atom stereocenters. The molecule has 0 fully saturated rings. The van der Waals surface area contributed by atoms with Gasteiger partial charge < -0.3 is 0 Å². The van der Waals surface area contributed by atoms with E-state index in [1.165, 1.54) is 0 Å². The van der Waals surface area contributed by atoms with Crippen molar-refractivity contribution in [1.82, 2.24) is 10.2 Å². The van der Waals surface area contributed by atoms with E-state index in [-0.39, 0.29) is 0 Å². The first-order valence-corrected chi connectivity index (χ1v) is 4.04. The van der Waals surface area contributed by atoms with Crippen LogP contribution in [-0.2, 0) is 6.42 Å². The Labute approximate surface area is 64.6 Å². The summed E-state index contributed by atoms with van der Waals surface area (Å²) in [6.07, 6.45) is 3.88. The van der Waals surface area contributed by atoms with Crippen molar-refractivity contribution in [3.63, 3.8) is 0 Å². The van der Waals surface area contributed by atoms with Crippen LogP contribution in [-0.4, -0.2) is 10.2 Å². The van der Waals surface area contributed by atoms with Gasteiger partial charge >= 0.3 is 0 Å². The Morgan fingerprint density at radius 1 is 1.60 bits per heavy atom. The monoisotopic (exact) mass is 154 g/mol. The van der Waals surface area contributed by atoms with Crippen LogP contribution in [0.2, 0.25) is 0 Å². The van der Waals surface area contributed by atoms with E-state index in [9.17, 15) is 0 Å². The average Bonchev–Trinajstić information content (AvgIpc) is 2.31. The Bertz CT molecular complexity index is 217. The molecular formula is C7H10N2S. The Hall–Kier alpha value is -0.700. The van der Waals surface area contributed by atoms with Crippen molar-refractivity contribution in [3.05, 3.63) is 22.7 Å². The molecular weight excluding hydrogens is 144 g/mol. The van der Waals surface area contributed by atoms with E-state index in [0.717, 1.165) is 22.9 Å². The quantitative estimate of drug-likeness (QED) is 0.622. The normalized spacial score (nSPS) is 9.70. The van der Waals surface area contributed by atoms with Crippen LogP contribution in [0.3, 0.4) is 0 Å². The maximum absolute atomic E-state index is 3.97. The summed E-state index contributed by atoms with van der Waals surface area (Å²) in [5, 5.41) is 10.0. The van der Waals surface area contributed by atoms with Crippen molar-refractivity contribution in [1.29, 1.82) is 0 Å². The number of hydrogen-bond donors (Lipinski definition) is 0. The third-order valence-corrected chi connectivity index (χ3v) is 2.03. The van der Waals surface area contributed by atoms with Gasteiger partial charge in [-0.1, -0.05) is 6.08 Å². The zero-order chi connectivity index (χ0) is 7.40. The zero-order valence-electron chi connectivity index (χ0n) is 6.00. The molecule has 1 rings (SSSR count). The van der Waals surface area contributed by atoms with Crippen LogP contribution in [0.5, 0.6) is 0 Å². The van der Waals surface area contributed by atoms with E-state index in [0.29, 0.717) is 0 Å². The van der Waals surface area contributed by atoms with E-state index >= 15 is 0 Å². The highest BCUT2D eigenvalue weighted by atomic mass is 32.1. The van der Waals surface area contributed by atoms with Gasteiger partial charge in [-0.05, 0) is 13.3 Å². The van der Waals surface area contributed by atoms with Crippen molar-refractivity contribution < 1.29 is 0 Å². The molecule has 0 amide bonds. The second-order valence-electron chi connectivity index (χ2n) is 2.04. The number of nitrogens with zero attached hydrogens (tertiary/aromatic N) is 2. The fourth-order valence-electron chi connectivity index (χ4n) is 0.664. The molecule has 0 bridgehead atoms. The van der Waals surface area contributed by atoms with Gasteiger partial charge in [-0.15, -0.1) is 28.1 Å². The number of rotatable bonds is 3. The minimum absolute atomic E-state index is 0.981. The molecule has 0 atom stereocenters. The van der Waals surface area contributed by atoms with Gasteiger partial charge in [0.05, 0.1) is 0 Å². The fourth-order valence-corrected chi connectivity index (χ4v) is 1.39. The van der Waals surface area contributed by atoms with Gasteiger partial charge in [-0.25, -0.2) is 0 Å². The smallest absolute Gasteiger partial charge is 0.117 e. The van der Waals surface area contributed by atoms with Gasteiger partial charge in [0, 0.05) is 6.42 Å². The van der Waals surface area contributed by atoms with Gasteiger partial charge in [0.25, 0.3) is 0 Å². The molecule has 0 spiro atoms. The standard InChI is InChI=1S/C7H10N2S/c1-3-4-5-7-9-8-6(2)10-7/h3H,1,4-5H2,2H3. The van der Waals surface area contributed by atoms with Crippen molar-refractivity contribution >= 4 is 11.3 Å². The highest BCUT2D eigenvalue weighted by Gasteiger charge is 1.96. The first kappa shape index (κ1) is 7.41. The van der Waals surface area contributed by atoms with Gasteiger partial charge in [-0.3, -0.25) is 0 Å². The molecule has 2 nitrogen and oxygen atoms in total. The lowest BCUT2D eigenvalue weighted by atomic mass is 10.3. The molecule has 54 valence electrons. The average molecular weight is 154 g/mol. The predicted octanol–water partition coefficient (Wildman–Crippen LogP) is 1.97. The van der Waals surface area contributed by atoms with Crippen LogP contribution in [0.25, 0.3) is 0 Å². The molecule has 0 aliphatic rings. The van der Waals surface area contributed by atoms with Crippen LogP contribution in [0.1, 0.15) is 16.4 Å². The van der Waals surface area contributed by atoms with Crippen LogP contribution in [0, 0.1) is 6.92 Å². The molecule has 0 aliphatic heterocycles. The SMILES string of the molecule is C=CCCc1nnc(C)s1. The maximum atomic E-state index is 3.97. The van der Waals surface area contributed by atoms with Crippen molar-refractivity contribution in [2.24, 2.45) is 0 Å². The lowest BCUT2D eigenvalue weighted by Crippen LogP contribution is -1.80. The molecule has 10 heavy (non-hydrogen) atoms. The molecule has 1 aromatic heterocycles. The summed E-state index contributed by atoms with van der Waals surface area (Å²) < 4.78 is 0. The molecule has 0 N–H and O–H groups in total. The fraction of sp³-hybridized carbons (Fsp3) is 0.429. The third kappa shape index (κ3) is 1.92. The number of aryl methyl sites for hydroxylation is 2. The Morgan fingerprint density at radius 3 is 2.90 bits per heavy atom. The van der Waals surface area contributed by atoms with Gasteiger partial charge in [-0.2, -0.15) is 0 Å². The lowest BCUT2D eigenvalue weighted by molar-refractivity contribution is 0.919. The molecule has 0 radical (unpaired) electrons. The number of hydrogen-bond acceptors (Lipinski definition) is 3. The first-order chi connectivity index (χ1) is 4.83. The van der Waals surface area contributed by atoms with E-state index < -0.39 is 0 Å². The predicted molar refractivity (Wildman–Crippen MR) is 43.2 cm³/mol. The zero-order valence-corrected chi connectivity index (χ0v) is 6.82. The minimum Gasteiger partial charge on any atom is -0.144 e. The molecule has 3 heteroatoms. The minimum atomic E-state index is 0.981. The summed E-state index contributed by atoms with van der Waals surface area (Å²) in [5.74, 6) is 0. The summed E-state index contributed by atoms with van der Waals surface area (Å²) in [6, 6.07) is 0. The van der Waals surface area contributed by atoms with Gasteiger partial charge in [0.1, 0.15) is 10.0 Å². The molecule has 0 aromatic carbocycles. The van der Waals surface area contributed by atoms with E-state index in [4.69, 9.17) is 0 Å². The van der Waals surface area contributed by atoms with Crippen LogP contribution in [0.15, 0.2) is 12.7 Å². The second kappa shape index (κ2) is 3.46. The Balaban J connectivity index is 2.49. The molecule has 0 saturated carbocycles. The summed E-state index contributed by atoms with van der Waals surface area (Å²) in [5.41, 5.74) is 0. The largest absolute Gasteiger partial charge is 0.144 e. The van der Waals surface area contributed by atoms with Crippen LogP contribution >= 0.6 is 11.3 Å². The Kier molecular flexibility index (Phi) is 2.57. The third-order valence-electron chi connectivity index (χ3n) is 1.13. The summed E-state index contributed by atoms with van der Waals surface area (Å²) in [6.45, 7) is 5.61. The molecule has 1 heterocycles. The highest BCUT2D eigenvalue weighted by molar-refractivity contribution is 7.11. The number of allylic oxidation sites excluding steroid dienone is 1. The number of aromatic nitrogens is 2. The summed E-state index contributed by atoms with van der Waals surface area (Å²) in [4.78, 5) is 0. The van der Waals surface area contributed by atoms with Gasteiger partial charge in [0.2, 0.25) is 0 Å². The van der Waals surface area contributed by atoms with Crippen LogP contribution in [0.4, 0.5) is 0 Å². The van der Waals surface area contributed by atoms with E-state index in [1.54, 1.807) is 11.3 Å². The van der Waals surface area contributed by atoms with E-state index in [2.05, 4.69) is 16.8 Å². The molecule has 0 saturated heterocycles. The van der Waals surface area contributed by atoms with Crippen molar-refractivity contribution in [2.75, 3.05) is 0 Å². The summed E-state index contributed by atoms with van der Waals surface area (Å²) >= 11 is 1.66. The summed E-state index contributed by atoms with van der Waals surface area (Å²) in [7, 11) is 0. The molecule has 1 aromatic rings. The first-order valence-electron chi connectivity index (χ1n) is 3.23. The van der Waals surface area contributed by atoms with Crippen molar-refractivity contribution in [3.8, 4) is 0 Å². The van der Waals surface area contributed by atoms with Gasteiger partial charge in [0.15, 0.2) is 0 Å². The van der Waals surface area contributed by atoms with Crippen LogP contribution < -0.4 is 0 Å².